The number of amides is 1. The summed E-state index contributed by atoms with van der Waals surface area (Å²) in [7, 11) is 3.52. The smallest absolute Gasteiger partial charge is 0.325 e. The molecule has 0 fully saturated rings. The van der Waals surface area contributed by atoms with Crippen LogP contribution in [-0.2, 0) is 4.79 Å². The Morgan fingerprint density at radius 1 is 1.50 bits per heavy atom. The molecule has 1 atom stereocenters. The summed E-state index contributed by atoms with van der Waals surface area (Å²) in [5.41, 5.74) is 0.322. The van der Waals surface area contributed by atoms with E-state index in [1.165, 1.54) is 6.92 Å². The first-order valence-electron chi connectivity index (χ1n) is 5.19. The van der Waals surface area contributed by atoms with E-state index in [0.717, 1.165) is 0 Å². The van der Waals surface area contributed by atoms with Gasteiger partial charge in [0.15, 0.2) is 0 Å². The number of aliphatic carboxylic acids is 1. The van der Waals surface area contributed by atoms with Gasteiger partial charge in [-0.05, 0) is 28.9 Å². The van der Waals surface area contributed by atoms with E-state index >= 15 is 0 Å². The van der Waals surface area contributed by atoms with Crippen molar-refractivity contribution in [3.63, 3.8) is 0 Å². The molecule has 0 aliphatic carbocycles. The fourth-order valence-electron chi connectivity index (χ4n) is 1.29. The van der Waals surface area contributed by atoms with Crippen molar-refractivity contribution in [2.45, 2.75) is 13.0 Å². The van der Waals surface area contributed by atoms with E-state index in [-0.39, 0.29) is 0 Å². The molecule has 98 valence electrons. The number of pyridine rings is 1. The first-order chi connectivity index (χ1) is 8.32. The van der Waals surface area contributed by atoms with Crippen LogP contribution in [-0.4, -0.2) is 42.1 Å². The minimum absolute atomic E-state index is 0.322. The van der Waals surface area contributed by atoms with Gasteiger partial charge < -0.3 is 15.3 Å². The number of carbonyl (C=O) groups is 2. The zero-order valence-corrected chi connectivity index (χ0v) is 11.9. The molecule has 1 aromatic rings. The predicted octanol–water partition coefficient (Wildman–Crippen LogP) is 1.11. The van der Waals surface area contributed by atoms with Gasteiger partial charge in [-0.2, -0.15) is 0 Å². The van der Waals surface area contributed by atoms with E-state index in [4.69, 9.17) is 5.11 Å². The zero-order valence-electron chi connectivity index (χ0n) is 10.3. The van der Waals surface area contributed by atoms with Gasteiger partial charge in [0, 0.05) is 24.8 Å². The summed E-state index contributed by atoms with van der Waals surface area (Å²) in [4.78, 5) is 28.5. The van der Waals surface area contributed by atoms with Crippen LogP contribution in [0.25, 0.3) is 0 Å². The van der Waals surface area contributed by atoms with Crippen LogP contribution in [0.3, 0.4) is 0 Å². The third kappa shape index (κ3) is 3.43. The van der Waals surface area contributed by atoms with E-state index in [1.54, 1.807) is 31.3 Å². The predicted molar refractivity (Wildman–Crippen MR) is 70.8 cm³/mol. The molecule has 0 spiro atoms. The number of carboxylic acid groups (broad SMARTS) is 1. The van der Waals surface area contributed by atoms with Gasteiger partial charge in [-0.25, -0.2) is 4.98 Å². The summed E-state index contributed by atoms with van der Waals surface area (Å²) >= 11 is 3.23. The molecule has 0 aromatic carbocycles. The molecule has 1 rings (SSSR count). The molecular weight excluding hydrogens is 302 g/mol. The summed E-state index contributed by atoms with van der Waals surface area (Å²) in [6.45, 7) is 1.40. The molecule has 2 N–H and O–H groups in total. The van der Waals surface area contributed by atoms with Crippen molar-refractivity contribution in [1.29, 1.82) is 0 Å². The van der Waals surface area contributed by atoms with E-state index in [9.17, 15) is 9.59 Å². The Bertz CT molecular complexity index is 477. The number of aromatic nitrogens is 1. The normalized spacial score (nSPS) is 11.8. The fourth-order valence-corrected chi connectivity index (χ4v) is 1.62. The lowest BCUT2D eigenvalue weighted by Crippen LogP contribution is -2.39. The highest BCUT2D eigenvalue weighted by Crippen LogP contribution is 2.20. The fraction of sp³-hybridized carbons (Fsp3) is 0.364. The van der Waals surface area contributed by atoms with Crippen LogP contribution in [0.5, 0.6) is 0 Å². The second-order valence-corrected chi connectivity index (χ2v) is 4.87. The second kappa shape index (κ2) is 5.81. The third-order valence-electron chi connectivity index (χ3n) is 2.22. The Balaban J connectivity index is 3.04. The molecule has 1 aromatic heterocycles. The van der Waals surface area contributed by atoms with Gasteiger partial charge in [-0.1, -0.05) is 0 Å². The van der Waals surface area contributed by atoms with Gasteiger partial charge in [0.1, 0.15) is 11.9 Å². The van der Waals surface area contributed by atoms with Crippen LogP contribution < -0.4 is 10.2 Å². The van der Waals surface area contributed by atoms with E-state index in [1.807, 2.05) is 0 Å². The third-order valence-corrected chi connectivity index (χ3v) is 2.65. The SMILES string of the molecule is CC(NC(=O)c1cc(Br)cnc1N(C)C)C(=O)O. The number of halogens is 1. The van der Waals surface area contributed by atoms with Crippen molar-refractivity contribution in [1.82, 2.24) is 10.3 Å². The molecule has 1 unspecified atom stereocenters. The van der Waals surface area contributed by atoms with Crippen LogP contribution in [0.4, 0.5) is 5.82 Å². The number of hydrogen-bond acceptors (Lipinski definition) is 4. The van der Waals surface area contributed by atoms with Crippen molar-refractivity contribution in [2.24, 2.45) is 0 Å². The minimum atomic E-state index is -1.09. The van der Waals surface area contributed by atoms with E-state index in [2.05, 4.69) is 26.2 Å². The molecule has 0 saturated heterocycles. The number of carboxylic acids is 1. The summed E-state index contributed by atoms with van der Waals surface area (Å²) in [6, 6.07) is 0.651. The number of anilines is 1. The maximum absolute atomic E-state index is 12.0. The standard InChI is InChI=1S/C11H14BrN3O3/c1-6(11(17)18)14-10(16)8-4-7(12)5-13-9(8)15(2)3/h4-6H,1-3H3,(H,14,16)(H,17,18). The van der Waals surface area contributed by atoms with Gasteiger partial charge in [0.05, 0.1) is 5.56 Å². The zero-order chi connectivity index (χ0) is 13.9. The van der Waals surface area contributed by atoms with Crippen LogP contribution in [0.15, 0.2) is 16.7 Å². The van der Waals surface area contributed by atoms with E-state index < -0.39 is 17.9 Å². The summed E-state index contributed by atoms with van der Waals surface area (Å²) in [6.07, 6.45) is 1.58. The maximum atomic E-state index is 12.0. The Morgan fingerprint density at radius 3 is 2.61 bits per heavy atom. The number of nitrogens with one attached hydrogen (secondary N) is 1. The summed E-state index contributed by atoms with van der Waals surface area (Å²) in [5.74, 6) is -1.08. The maximum Gasteiger partial charge on any atom is 0.325 e. The van der Waals surface area contributed by atoms with Crippen molar-refractivity contribution < 1.29 is 14.7 Å². The first-order valence-corrected chi connectivity index (χ1v) is 5.98. The summed E-state index contributed by atoms with van der Waals surface area (Å²) < 4.78 is 0.654. The van der Waals surface area contributed by atoms with Crippen molar-refractivity contribution in [3.05, 3.63) is 22.3 Å². The Labute approximate surface area is 113 Å². The monoisotopic (exact) mass is 315 g/mol. The highest BCUT2D eigenvalue weighted by Gasteiger charge is 2.19. The van der Waals surface area contributed by atoms with Crippen LogP contribution in [0, 0.1) is 0 Å². The lowest BCUT2D eigenvalue weighted by atomic mass is 10.2. The van der Waals surface area contributed by atoms with Gasteiger partial charge in [-0.3, -0.25) is 9.59 Å². The largest absolute Gasteiger partial charge is 0.480 e. The molecule has 0 saturated carbocycles. The molecule has 6 nitrogen and oxygen atoms in total. The Hall–Kier alpha value is -1.63. The molecule has 0 radical (unpaired) electrons. The summed E-state index contributed by atoms with van der Waals surface area (Å²) in [5, 5.41) is 11.2. The molecule has 7 heteroatoms. The average Bonchev–Trinajstić information content (AvgIpc) is 2.28. The first kappa shape index (κ1) is 14.4. The Kier molecular flexibility index (Phi) is 4.66. The second-order valence-electron chi connectivity index (χ2n) is 3.95. The number of carbonyl (C=O) groups excluding carboxylic acids is 1. The van der Waals surface area contributed by atoms with Gasteiger partial charge in [-0.15, -0.1) is 0 Å². The van der Waals surface area contributed by atoms with Crippen LogP contribution >= 0.6 is 15.9 Å². The average molecular weight is 316 g/mol. The quantitative estimate of drug-likeness (QED) is 0.869. The van der Waals surface area contributed by atoms with Gasteiger partial charge >= 0.3 is 5.97 Å². The highest BCUT2D eigenvalue weighted by atomic mass is 79.9. The van der Waals surface area contributed by atoms with Crippen molar-refractivity contribution >= 4 is 33.6 Å². The molecule has 0 aliphatic rings. The number of nitrogens with zero attached hydrogens (tertiary/aromatic N) is 2. The molecule has 0 aliphatic heterocycles. The van der Waals surface area contributed by atoms with Crippen LogP contribution in [0.1, 0.15) is 17.3 Å². The van der Waals surface area contributed by atoms with Crippen LogP contribution in [0.2, 0.25) is 0 Å². The molecule has 0 bridgehead atoms. The molecule has 18 heavy (non-hydrogen) atoms. The number of rotatable bonds is 4. The number of hydrogen-bond donors (Lipinski definition) is 2. The Morgan fingerprint density at radius 2 is 2.11 bits per heavy atom. The van der Waals surface area contributed by atoms with E-state index in [0.29, 0.717) is 15.9 Å². The molecule has 1 heterocycles. The lowest BCUT2D eigenvalue weighted by molar-refractivity contribution is -0.138. The molecule has 1 amide bonds. The molecular formula is C11H14BrN3O3. The van der Waals surface area contributed by atoms with Gasteiger partial charge in [0.25, 0.3) is 5.91 Å². The van der Waals surface area contributed by atoms with Crippen molar-refractivity contribution in [3.8, 4) is 0 Å². The highest BCUT2D eigenvalue weighted by molar-refractivity contribution is 9.10. The van der Waals surface area contributed by atoms with Gasteiger partial charge in [0.2, 0.25) is 0 Å². The topological polar surface area (TPSA) is 82.5 Å². The van der Waals surface area contributed by atoms with Crippen molar-refractivity contribution in [2.75, 3.05) is 19.0 Å². The minimum Gasteiger partial charge on any atom is -0.480 e. The lowest BCUT2D eigenvalue weighted by Gasteiger charge is -2.17.